The lowest BCUT2D eigenvalue weighted by atomic mass is 10.1. The maximum atomic E-state index is 13.0. The van der Waals surface area contributed by atoms with Crippen LogP contribution in [0.2, 0.25) is 0 Å². The second kappa shape index (κ2) is 10.5. The molecule has 3 rings (SSSR count). The average Bonchev–Trinajstić information content (AvgIpc) is 3.13. The number of methoxy groups -OCH3 is 1. The Morgan fingerprint density at radius 2 is 1.94 bits per heavy atom. The summed E-state index contributed by atoms with van der Waals surface area (Å²) < 4.78 is 34.9. The second-order valence-electron chi connectivity index (χ2n) is 7.50. The number of nitrogens with zero attached hydrogens (tertiary/aromatic N) is 1. The first kappa shape index (κ1) is 22.9. The fourth-order valence-corrected chi connectivity index (χ4v) is 5.44. The third kappa shape index (κ3) is 6.34. The van der Waals surface area contributed by atoms with Gasteiger partial charge in [-0.3, -0.25) is 4.79 Å². The van der Waals surface area contributed by atoms with Crippen LogP contribution in [0.4, 0.5) is 0 Å². The molecular formula is C24H29NO5S. The summed E-state index contributed by atoms with van der Waals surface area (Å²) in [5, 5.41) is 0. The molecule has 1 saturated heterocycles. The van der Waals surface area contributed by atoms with E-state index < -0.39 is 9.84 Å². The summed E-state index contributed by atoms with van der Waals surface area (Å²) in [4.78, 5) is 14.7. The Morgan fingerprint density at radius 1 is 1.16 bits per heavy atom. The van der Waals surface area contributed by atoms with Crippen molar-refractivity contribution in [2.75, 3.05) is 31.8 Å². The van der Waals surface area contributed by atoms with Crippen LogP contribution >= 0.6 is 0 Å². The minimum absolute atomic E-state index is 0.0260. The molecule has 1 heterocycles. The molecular weight excluding hydrogens is 414 g/mol. The van der Waals surface area contributed by atoms with Gasteiger partial charge in [-0.25, -0.2) is 8.42 Å². The van der Waals surface area contributed by atoms with Gasteiger partial charge in [-0.1, -0.05) is 36.4 Å². The lowest BCUT2D eigenvalue weighted by Gasteiger charge is -2.27. The number of amides is 1. The van der Waals surface area contributed by atoms with Crippen molar-refractivity contribution >= 4 is 21.8 Å². The van der Waals surface area contributed by atoms with E-state index in [9.17, 15) is 13.2 Å². The minimum atomic E-state index is -3.09. The van der Waals surface area contributed by atoms with E-state index in [1.807, 2.05) is 55.5 Å². The van der Waals surface area contributed by atoms with Crippen molar-refractivity contribution in [2.24, 2.45) is 0 Å². The topological polar surface area (TPSA) is 72.9 Å². The van der Waals surface area contributed by atoms with E-state index in [-0.39, 0.29) is 23.5 Å². The molecule has 1 unspecified atom stereocenters. The lowest BCUT2D eigenvalue weighted by Crippen LogP contribution is -2.41. The summed E-state index contributed by atoms with van der Waals surface area (Å²) in [6, 6.07) is 15.1. The van der Waals surface area contributed by atoms with Crippen molar-refractivity contribution < 1.29 is 22.7 Å². The zero-order chi connectivity index (χ0) is 22.3. The molecule has 166 valence electrons. The van der Waals surface area contributed by atoms with Crippen LogP contribution in [0.3, 0.4) is 0 Å². The number of hydrogen-bond acceptors (Lipinski definition) is 5. The molecule has 0 saturated carbocycles. The van der Waals surface area contributed by atoms with Gasteiger partial charge in [-0.15, -0.1) is 0 Å². The number of hydrogen-bond donors (Lipinski definition) is 0. The van der Waals surface area contributed by atoms with Gasteiger partial charge in [0.1, 0.15) is 0 Å². The monoisotopic (exact) mass is 443 g/mol. The standard InChI is InChI=1S/C24H29NO5S/c1-3-30-22-11-9-20(17-23(22)29-2)10-12-24(26)25(21-14-16-31(27,28)18-21)15-13-19-7-5-4-6-8-19/h4-12,17,21H,3,13-16,18H2,1-2H3. The predicted molar refractivity (Wildman–Crippen MR) is 122 cm³/mol. The second-order valence-corrected chi connectivity index (χ2v) is 9.73. The van der Waals surface area contributed by atoms with Crippen LogP contribution in [-0.2, 0) is 21.1 Å². The zero-order valence-electron chi connectivity index (χ0n) is 18.0. The Bertz CT molecular complexity index is 1020. The molecule has 0 bridgehead atoms. The number of rotatable bonds is 9. The highest BCUT2D eigenvalue weighted by Gasteiger charge is 2.33. The van der Waals surface area contributed by atoms with E-state index in [0.717, 1.165) is 11.1 Å². The molecule has 31 heavy (non-hydrogen) atoms. The van der Waals surface area contributed by atoms with E-state index in [1.54, 1.807) is 18.1 Å². The van der Waals surface area contributed by atoms with Crippen molar-refractivity contribution in [3.8, 4) is 11.5 Å². The molecule has 1 aliphatic heterocycles. The molecule has 1 amide bonds. The first-order valence-corrected chi connectivity index (χ1v) is 12.3. The van der Waals surface area contributed by atoms with Gasteiger partial charge < -0.3 is 14.4 Å². The molecule has 0 aromatic heterocycles. The molecule has 6 nitrogen and oxygen atoms in total. The Kier molecular flexibility index (Phi) is 7.74. The van der Waals surface area contributed by atoms with Crippen molar-refractivity contribution in [3.63, 3.8) is 0 Å². The number of benzene rings is 2. The van der Waals surface area contributed by atoms with Crippen LogP contribution < -0.4 is 9.47 Å². The number of sulfone groups is 1. The van der Waals surface area contributed by atoms with Crippen LogP contribution in [0, 0.1) is 0 Å². The highest BCUT2D eigenvalue weighted by atomic mass is 32.2. The molecule has 0 spiro atoms. The maximum absolute atomic E-state index is 13.0. The molecule has 2 aromatic carbocycles. The van der Waals surface area contributed by atoms with Gasteiger partial charge in [-0.2, -0.15) is 0 Å². The fraction of sp³-hybridized carbons (Fsp3) is 0.375. The van der Waals surface area contributed by atoms with Gasteiger partial charge in [0.15, 0.2) is 21.3 Å². The first-order valence-electron chi connectivity index (χ1n) is 10.5. The van der Waals surface area contributed by atoms with Crippen molar-refractivity contribution in [3.05, 3.63) is 65.7 Å². The van der Waals surface area contributed by atoms with E-state index in [2.05, 4.69) is 0 Å². The molecule has 0 N–H and O–H groups in total. The summed E-state index contributed by atoms with van der Waals surface area (Å²) in [5.74, 6) is 1.21. The van der Waals surface area contributed by atoms with E-state index >= 15 is 0 Å². The third-order valence-corrected chi connectivity index (χ3v) is 7.07. The average molecular weight is 444 g/mol. The molecule has 0 aliphatic carbocycles. The van der Waals surface area contributed by atoms with Gasteiger partial charge >= 0.3 is 0 Å². The summed E-state index contributed by atoms with van der Waals surface area (Å²) in [6.07, 6.45) is 4.38. The molecule has 1 fully saturated rings. The number of carbonyl (C=O) groups excluding carboxylic acids is 1. The minimum Gasteiger partial charge on any atom is -0.493 e. The predicted octanol–water partition coefficient (Wildman–Crippen LogP) is 3.37. The fourth-order valence-electron chi connectivity index (χ4n) is 3.71. The summed E-state index contributed by atoms with van der Waals surface area (Å²) in [7, 11) is -1.52. The summed E-state index contributed by atoms with van der Waals surface area (Å²) >= 11 is 0. The van der Waals surface area contributed by atoms with E-state index in [4.69, 9.17) is 9.47 Å². The van der Waals surface area contributed by atoms with Crippen LogP contribution in [-0.4, -0.2) is 57.0 Å². The molecule has 1 atom stereocenters. The SMILES string of the molecule is CCOc1ccc(C=CC(=O)N(CCc2ccccc2)C2CCS(=O)(=O)C2)cc1OC. The maximum Gasteiger partial charge on any atom is 0.246 e. The van der Waals surface area contributed by atoms with Crippen molar-refractivity contribution in [2.45, 2.75) is 25.8 Å². The Labute approximate surface area is 184 Å². The largest absolute Gasteiger partial charge is 0.493 e. The molecule has 7 heteroatoms. The van der Waals surface area contributed by atoms with Crippen LogP contribution in [0.5, 0.6) is 11.5 Å². The highest BCUT2D eigenvalue weighted by molar-refractivity contribution is 7.91. The molecule has 2 aromatic rings. The van der Waals surface area contributed by atoms with E-state index in [1.165, 1.54) is 6.08 Å². The van der Waals surface area contributed by atoms with Crippen molar-refractivity contribution in [1.82, 2.24) is 4.90 Å². The number of ether oxygens (including phenoxy) is 2. The van der Waals surface area contributed by atoms with Crippen molar-refractivity contribution in [1.29, 1.82) is 0 Å². The molecule has 0 radical (unpaired) electrons. The third-order valence-electron chi connectivity index (χ3n) is 5.32. The first-order chi connectivity index (χ1) is 14.9. The van der Waals surface area contributed by atoms with Gasteiger partial charge in [0.05, 0.1) is 25.2 Å². The summed E-state index contributed by atoms with van der Waals surface area (Å²) in [5.41, 5.74) is 1.91. The normalized spacial score (nSPS) is 17.5. The number of carbonyl (C=O) groups is 1. The van der Waals surface area contributed by atoms with Gasteiger partial charge in [0, 0.05) is 18.7 Å². The Morgan fingerprint density at radius 3 is 2.58 bits per heavy atom. The van der Waals surface area contributed by atoms with Crippen LogP contribution in [0.15, 0.2) is 54.6 Å². The van der Waals surface area contributed by atoms with Gasteiger partial charge in [0.25, 0.3) is 0 Å². The van der Waals surface area contributed by atoms with Crippen LogP contribution in [0.25, 0.3) is 6.08 Å². The van der Waals surface area contributed by atoms with E-state index in [0.29, 0.717) is 37.5 Å². The highest BCUT2D eigenvalue weighted by Crippen LogP contribution is 2.28. The van der Waals surface area contributed by atoms with Crippen LogP contribution in [0.1, 0.15) is 24.5 Å². The molecule has 1 aliphatic rings. The van der Waals surface area contributed by atoms with Gasteiger partial charge in [-0.05, 0) is 49.1 Å². The Balaban J connectivity index is 1.75. The smallest absolute Gasteiger partial charge is 0.246 e. The Hall–Kier alpha value is -2.80. The van der Waals surface area contributed by atoms with Gasteiger partial charge in [0.2, 0.25) is 5.91 Å². The zero-order valence-corrected chi connectivity index (χ0v) is 18.8. The lowest BCUT2D eigenvalue weighted by molar-refractivity contribution is -0.127. The summed E-state index contributed by atoms with van der Waals surface area (Å²) in [6.45, 7) is 2.91. The quantitative estimate of drug-likeness (QED) is 0.556.